The van der Waals surface area contributed by atoms with Crippen LogP contribution in [0.3, 0.4) is 0 Å². The Balaban J connectivity index is 2.15. The third-order valence-electron chi connectivity index (χ3n) is 4.69. The Labute approximate surface area is 152 Å². The minimum atomic E-state index is -0.264. The van der Waals surface area contributed by atoms with E-state index in [4.69, 9.17) is 4.74 Å². The Hall–Kier alpha value is -2.28. The summed E-state index contributed by atoms with van der Waals surface area (Å²) in [6.45, 7) is -0.463. The summed E-state index contributed by atoms with van der Waals surface area (Å²) in [5.74, 6) is 0.0604. The van der Waals surface area contributed by atoms with E-state index >= 15 is 0 Å². The van der Waals surface area contributed by atoms with Crippen molar-refractivity contribution in [3.63, 3.8) is 0 Å². The maximum Gasteiger partial charge on any atom is 0.160 e. The van der Waals surface area contributed by atoms with Gasteiger partial charge in [0.2, 0.25) is 0 Å². The largest absolute Gasteiger partial charge is 0.508 e. The molecule has 0 saturated carbocycles. The molecule has 0 saturated heterocycles. The summed E-state index contributed by atoms with van der Waals surface area (Å²) in [4.78, 5) is 0. The zero-order valence-electron chi connectivity index (χ0n) is 14.8. The lowest BCUT2D eigenvalue weighted by Crippen LogP contribution is -2.26. The number of aromatic hydroxyl groups is 2. The lowest BCUT2D eigenvalue weighted by Gasteiger charge is -2.24. The first-order valence-corrected chi connectivity index (χ1v) is 8.51. The molecule has 0 fully saturated rings. The predicted octanol–water partition coefficient (Wildman–Crippen LogP) is 1.60. The van der Waals surface area contributed by atoms with Gasteiger partial charge in [0.25, 0.3) is 0 Å². The molecule has 5 N–H and O–H groups in total. The van der Waals surface area contributed by atoms with Crippen molar-refractivity contribution in [3.8, 4) is 17.2 Å². The van der Waals surface area contributed by atoms with Crippen LogP contribution < -0.4 is 4.74 Å². The van der Waals surface area contributed by atoms with Crippen LogP contribution in [0.4, 0.5) is 0 Å². The van der Waals surface area contributed by atoms with Crippen LogP contribution in [0.15, 0.2) is 36.4 Å². The number of hydrogen-bond acceptors (Lipinski definition) is 6. The average molecular weight is 362 g/mol. The monoisotopic (exact) mass is 362 g/mol. The second-order valence-corrected chi connectivity index (χ2v) is 6.42. The molecule has 142 valence electrons. The molecule has 0 radical (unpaired) electrons. The van der Waals surface area contributed by atoms with Gasteiger partial charge in [0, 0.05) is 18.8 Å². The van der Waals surface area contributed by atoms with Gasteiger partial charge in [-0.1, -0.05) is 12.1 Å². The fourth-order valence-electron chi connectivity index (χ4n) is 3.11. The van der Waals surface area contributed by atoms with Crippen molar-refractivity contribution in [2.24, 2.45) is 11.8 Å². The first kappa shape index (κ1) is 20.0. The molecule has 2 rings (SSSR count). The van der Waals surface area contributed by atoms with Gasteiger partial charge >= 0.3 is 0 Å². The Kier molecular flexibility index (Phi) is 7.26. The van der Waals surface area contributed by atoms with Gasteiger partial charge < -0.3 is 30.3 Å². The molecule has 0 bridgehead atoms. The van der Waals surface area contributed by atoms with Crippen molar-refractivity contribution in [2.45, 2.75) is 19.4 Å². The number of phenolic OH excluding ortho intramolecular Hbond substituents is 1. The van der Waals surface area contributed by atoms with Gasteiger partial charge in [-0.2, -0.15) is 0 Å². The fraction of sp³-hybridized carbons (Fsp3) is 0.400. The summed E-state index contributed by atoms with van der Waals surface area (Å²) in [6, 6.07) is 10.00. The van der Waals surface area contributed by atoms with E-state index in [0.717, 1.165) is 11.1 Å². The lowest BCUT2D eigenvalue weighted by molar-refractivity contribution is 0.119. The highest BCUT2D eigenvalue weighted by Crippen LogP contribution is 2.29. The van der Waals surface area contributed by atoms with Crippen LogP contribution in [-0.2, 0) is 19.4 Å². The van der Waals surface area contributed by atoms with Crippen molar-refractivity contribution in [3.05, 3.63) is 53.1 Å². The van der Waals surface area contributed by atoms with Gasteiger partial charge in [0.15, 0.2) is 11.5 Å². The molecule has 2 aromatic rings. The van der Waals surface area contributed by atoms with Crippen LogP contribution in [0.1, 0.15) is 16.7 Å². The summed E-state index contributed by atoms with van der Waals surface area (Å²) in [5.41, 5.74) is 2.19. The lowest BCUT2D eigenvalue weighted by atomic mass is 9.83. The Morgan fingerprint density at radius 3 is 1.85 bits per heavy atom. The molecule has 2 atom stereocenters. The molecule has 6 nitrogen and oxygen atoms in total. The highest BCUT2D eigenvalue weighted by atomic mass is 16.5. The molecule has 0 aliphatic rings. The zero-order chi connectivity index (χ0) is 19.1. The molecular weight excluding hydrogens is 336 g/mol. The van der Waals surface area contributed by atoms with E-state index < -0.39 is 0 Å². The minimum absolute atomic E-state index is 0.0340. The molecule has 0 aliphatic heterocycles. The third-order valence-corrected chi connectivity index (χ3v) is 4.69. The summed E-state index contributed by atoms with van der Waals surface area (Å²) in [6.07, 6.45) is 1.02. The SMILES string of the molecule is COc1cc(CC(CO)C(CO)Cc2ccc(O)c(CO)c2)ccc1O. The first-order valence-electron chi connectivity index (χ1n) is 8.51. The molecule has 2 unspecified atom stereocenters. The number of rotatable bonds is 9. The van der Waals surface area contributed by atoms with Crippen LogP contribution in [0.2, 0.25) is 0 Å². The highest BCUT2D eigenvalue weighted by Gasteiger charge is 2.22. The number of phenols is 2. The smallest absolute Gasteiger partial charge is 0.160 e. The standard InChI is InChI=1S/C20H26O6/c1-26-20-9-14(3-5-19(20)25)7-16(11-22)15(10-21)6-13-2-4-18(24)17(8-13)12-23/h2-5,8-9,15-16,21-25H,6-7,10-12H2,1H3. The van der Waals surface area contributed by atoms with Gasteiger partial charge in [0.05, 0.1) is 13.7 Å². The second kappa shape index (κ2) is 9.43. The van der Waals surface area contributed by atoms with Gasteiger partial charge in [0.1, 0.15) is 5.75 Å². The minimum Gasteiger partial charge on any atom is -0.508 e. The van der Waals surface area contributed by atoms with Gasteiger partial charge in [-0.15, -0.1) is 0 Å². The molecule has 0 heterocycles. The van der Waals surface area contributed by atoms with Gasteiger partial charge in [-0.3, -0.25) is 0 Å². The van der Waals surface area contributed by atoms with E-state index in [1.807, 2.05) is 0 Å². The summed E-state index contributed by atoms with van der Waals surface area (Å²) >= 11 is 0. The van der Waals surface area contributed by atoms with E-state index in [0.29, 0.717) is 24.2 Å². The van der Waals surface area contributed by atoms with Gasteiger partial charge in [-0.25, -0.2) is 0 Å². The Bertz CT molecular complexity index is 654. The fourth-order valence-corrected chi connectivity index (χ4v) is 3.11. The second-order valence-electron chi connectivity index (χ2n) is 6.42. The van der Waals surface area contributed by atoms with Crippen molar-refractivity contribution in [2.75, 3.05) is 20.3 Å². The number of hydrogen-bond donors (Lipinski definition) is 5. The third kappa shape index (κ3) is 4.88. The molecule has 6 heteroatoms. The number of aliphatic hydroxyl groups is 3. The Morgan fingerprint density at radius 1 is 0.808 bits per heavy atom. The van der Waals surface area contributed by atoms with Crippen LogP contribution in [-0.4, -0.2) is 45.9 Å². The molecular formula is C20H26O6. The van der Waals surface area contributed by atoms with Crippen molar-refractivity contribution in [1.29, 1.82) is 0 Å². The number of methoxy groups -OCH3 is 1. The van der Waals surface area contributed by atoms with E-state index in [-0.39, 0.29) is 43.2 Å². The van der Waals surface area contributed by atoms with Crippen molar-refractivity contribution in [1.82, 2.24) is 0 Å². The van der Waals surface area contributed by atoms with E-state index in [9.17, 15) is 25.5 Å². The van der Waals surface area contributed by atoms with Crippen LogP contribution in [0, 0.1) is 11.8 Å². The Morgan fingerprint density at radius 2 is 1.35 bits per heavy atom. The molecule has 26 heavy (non-hydrogen) atoms. The molecule has 0 aromatic heterocycles. The van der Waals surface area contributed by atoms with Crippen molar-refractivity contribution >= 4 is 0 Å². The van der Waals surface area contributed by atoms with E-state index in [1.165, 1.54) is 13.2 Å². The van der Waals surface area contributed by atoms with Gasteiger partial charge in [-0.05, 0) is 60.1 Å². The normalized spacial score (nSPS) is 13.4. The maximum atomic E-state index is 9.82. The molecule has 0 aliphatic carbocycles. The average Bonchev–Trinajstić information content (AvgIpc) is 2.66. The van der Waals surface area contributed by atoms with Crippen molar-refractivity contribution < 1.29 is 30.3 Å². The predicted molar refractivity (Wildman–Crippen MR) is 97.2 cm³/mol. The number of ether oxygens (including phenoxy) is 1. The molecule has 0 amide bonds. The first-order chi connectivity index (χ1) is 12.5. The van der Waals surface area contributed by atoms with Crippen LogP contribution in [0.25, 0.3) is 0 Å². The van der Waals surface area contributed by atoms with Crippen LogP contribution >= 0.6 is 0 Å². The van der Waals surface area contributed by atoms with E-state index in [2.05, 4.69) is 0 Å². The summed E-state index contributed by atoms with van der Waals surface area (Å²) < 4.78 is 5.11. The quantitative estimate of drug-likeness (QED) is 0.463. The summed E-state index contributed by atoms with van der Waals surface area (Å²) in [5, 5.41) is 48.3. The number of aliphatic hydroxyl groups excluding tert-OH is 3. The molecule has 2 aromatic carbocycles. The molecule has 0 spiro atoms. The zero-order valence-corrected chi connectivity index (χ0v) is 14.8. The number of benzene rings is 2. The maximum absolute atomic E-state index is 9.82. The topological polar surface area (TPSA) is 110 Å². The summed E-state index contributed by atoms with van der Waals surface area (Å²) in [7, 11) is 1.47. The highest BCUT2D eigenvalue weighted by molar-refractivity contribution is 5.42. The van der Waals surface area contributed by atoms with Crippen LogP contribution in [0.5, 0.6) is 17.2 Å². The van der Waals surface area contributed by atoms with E-state index in [1.54, 1.807) is 30.3 Å².